The van der Waals surface area contributed by atoms with Gasteiger partial charge in [0.15, 0.2) is 0 Å². The molecule has 1 saturated heterocycles. The fraction of sp³-hybridized carbons (Fsp3) is 0.400. The largest absolute Gasteiger partial charge is 0.480 e. The number of benzene rings is 2. The van der Waals surface area contributed by atoms with Crippen LogP contribution in [0.25, 0.3) is 11.1 Å². The van der Waals surface area contributed by atoms with E-state index in [1.807, 2.05) is 36.4 Å². The number of nitrogens with zero attached hydrogens (tertiary/aromatic N) is 1. The van der Waals surface area contributed by atoms with E-state index in [1.54, 1.807) is 0 Å². The number of hydrogen-bond donors (Lipinski definition) is 3. The highest BCUT2D eigenvalue weighted by Gasteiger charge is 2.39. The minimum atomic E-state index is -1.16. The number of methoxy groups -OCH3 is 1. The van der Waals surface area contributed by atoms with Crippen molar-refractivity contribution >= 4 is 18.0 Å². The molecule has 2 aromatic carbocycles. The summed E-state index contributed by atoms with van der Waals surface area (Å²) in [4.78, 5) is 37.5. The molecule has 1 heterocycles. The van der Waals surface area contributed by atoms with Gasteiger partial charge in [-0.2, -0.15) is 0 Å². The lowest BCUT2D eigenvalue weighted by Crippen LogP contribution is -2.43. The average molecular weight is 469 g/mol. The van der Waals surface area contributed by atoms with E-state index in [4.69, 9.17) is 9.47 Å². The first-order valence-corrected chi connectivity index (χ1v) is 11.2. The zero-order valence-corrected chi connectivity index (χ0v) is 18.8. The molecule has 1 aliphatic carbocycles. The predicted octanol–water partition coefficient (Wildman–Crippen LogP) is 1.98. The predicted molar refractivity (Wildman–Crippen MR) is 122 cm³/mol. The molecule has 0 spiro atoms. The number of fused-ring (bicyclic) bond motifs is 3. The zero-order valence-electron chi connectivity index (χ0n) is 18.8. The van der Waals surface area contributed by atoms with Gasteiger partial charge in [-0.05, 0) is 22.3 Å². The fourth-order valence-corrected chi connectivity index (χ4v) is 4.72. The van der Waals surface area contributed by atoms with Gasteiger partial charge in [-0.1, -0.05) is 48.5 Å². The summed E-state index contributed by atoms with van der Waals surface area (Å²) in [5, 5.41) is 21.6. The molecule has 3 atom stereocenters. The maximum Gasteiger partial charge on any atom is 0.407 e. The summed E-state index contributed by atoms with van der Waals surface area (Å²) in [6.45, 7) is 0.154. The van der Waals surface area contributed by atoms with Crippen LogP contribution in [-0.2, 0) is 19.1 Å². The fourth-order valence-electron chi connectivity index (χ4n) is 4.72. The lowest BCUT2D eigenvalue weighted by Gasteiger charge is -2.24. The number of ether oxygens (including phenoxy) is 2. The van der Waals surface area contributed by atoms with Crippen LogP contribution in [0.15, 0.2) is 48.5 Å². The Labute approximate surface area is 197 Å². The first-order valence-electron chi connectivity index (χ1n) is 11.2. The number of nitrogens with one attached hydrogen (secondary N) is 1. The zero-order chi connectivity index (χ0) is 24.2. The first-order chi connectivity index (χ1) is 16.4. The van der Waals surface area contributed by atoms with Crippen molar-refractivity contribution in [3.8, 4) is 11.1 Å². The number of likely N-dealkylation sites (tertiary alicyclic amines) is 1. The van der Waals surface area contributed by atoms with Crippen LogP contribution >= 0.6 is 0 Å². The van der Waals surface area contributed by atoms with Gasteiger partial charge in [0.1, 0.15) is 12.6 Å². The Balaban J connectivity index is 1.30. The summed E-state index contributed by atoms with van der Waals surface area (Å²) in [7, 11) is 1.41. The van der Waals surface area contributed by atoms with Crippen molar-refractivity contribution in [1.29, 1.82) is 0 Å². The molecular weight excluding hydrogens is 440 g/mol. The highest BCUT2D eigenvalue weighted by molar-refractivity contribution is 5.85. The Kier molecular flexibility index (Phi) is 7.14. The van der Waals surface area contributed by atoms with Gasteiger partial charge in [0.25, 0.3) is 0 Å². The second-order valence-electron chi connectivity index (χ2n) is 8.56. The van der Waals surface area contributed by atoms with Crippen LogP contribution in [0, 0.1) is 0 Å². The van der Waals surface area contributed by atoms with Gasteiger partial charge in [-0.15, -0.1) is 0 Å². The van der Waals surface area contributed by atoms with Gasteiger partial charge in [0.2, 0.25) is 5.91 Å². The highest BCUT2D eigenvalue weighted by Crippen LogP contribution is 2.44. The van der Waals surface area contributed by atoms with E-state index in [-0.39, 0.29) is 38.5 Å². The molecule has 0 saturated carbocycles. The maximum absolute atomic E-state index is 12.6. The summed E-state index contributed by atoms with van der Waals surface area (Å²) in [5.41, 5.74) is 4.49. The number of carboxylic acids is 1. The monoisotopic (exact) mass is 468 g/mol. The number of alkyl carbamates (subject to hydrolysis) is 1. The molecule has 3 N–H and O–H groups in total. The van der Waals surface area contributed by atoms with Crippen LogP contribution in [0.5, 0.6) is 0 Å². The second kappa shape index (κ2) is 10.2. The van der Waals surface area contributed by atoms with Crippen molar-refractivity contribution in [2.24, 2.45) is 0 Å². The molecule has 2 aromatic rings. The number of carboxylic acid groups (broad SMARTS) is 1. The van der Waals surface area contributed by atoms with Crippen molar-refractivity contribution < 1.29 is 34.1 Å². The van der Waals surface area contributed by atoms with Crippen LogP contribution in [0.1, 0.15) is 29.9 Å². The van der Waals surface area contributed by atoms with Gasteiger partial charge in [0.05, 0.1) is 18.6 Å². The molecular formula is C25H28N2O7. The minimum absolute atomic E-state index is 0.00325. The van der Waals surface area contributed by atoms with Crippen LogP contribution in [0.4, 0.5) is 4.79 Å². The van der Waals surface area contributed by atoms with Gasteiger partial charge in [-0.25, -0.2) is 9.59 Å². The number of amides is 2. The van der Waals surface area contributed by atoms with E-state index >= 15 is 0 Å². The third kappa shape index (κ3) is 4.90. The van der Waals surface area contributed by atoms with Crippen molar-refractivity contribution in [2.75, 3.05) is 26.8 Å². The van der Waals surface area contributed by atoms with Gasteiger partial charge in [0, 0.05) is 32.5 Å². The topological polar surface area (TPSA) is 125 Å². The van der Waals surface area contributed by atoms with E-state index in [0.717, 1.165) is 27.2 Å². The third-order valence-electron chi connectivity index (χ3n) is 6.44. The molecule has 3 unspecified atom stereocenters. The number of aliphatic carboxylic acids is 1. The molecule has 0 bridgehead atoms. The molecule has 2 amide bonds. The Bertz CT molecular complexity index is 1030. The maximum atomic E-state index is 12.6. The van der Waals surface area contributed by atoms with E-state index in [0.29, 0.717) is 0 Å². The van der Waals surface area contributed by atoms with E-state index in [2.05, 4.69) is 17.4 Å². The molecule has 9 heteroatoms. The van der Waals surface area contributed by atoms with E-state index in [1.165, 1.54) is 7.11 Å². The molecule has 0 aromatic heterocycles. The first kappa shape index (κ1) is 23.7. The van der Waals surface area contributed by atoms with Crippen LogP contribution < -0.4 is 5.32 Å². The quantitative estimate of drug-likeness (QED) is 0.541. The smallest absolute Gasteiger partial charge is 0.407 e. The number of carbonyl (C=O) groups is 3. The van der Waals surface area contributed by atoms with Gasteiger partial charge >= 0.3 is 12.1 Å². The van der Waals surface area contributed by atoms with Crippen LogP contribution in [0.3, 0.4) is 0 Å². The molecule has 0 radical (unpaired) electrons. The lowest BCUT2D eigenvalue weighted by molar-refractivity contribution is -0.149. The Morgan fingerprint density at radius 2 is 1.71 bits per heavy atom. The number of aliphatic hydroxyl groups excluding tert-OH is 1. The number of β-amino-alcohol motifs (C(OH)–C–C–N with tert-alkyl or cyclic N) is 1. The molecule has 180 valence electrons. The number of hydrogen-bond acceptors (Lipinski definition) is 6. The number of rotatable bonds is 8. The molecule has 34 heavy (non-hydrogen) atoms. The minimum Gasteiger partial charge on any atom is -0.480 e. The molecule has 1 aliphatic heterocycles. The van der Waals surface area contributed by atoms with E-state index < -0.39 is 36.2 Å². The Morgan fingerprint density at radius 3 is 2.29 bits per heavy atom. The van der Waals surface area contributed by atoms with Crippen molar-refractivity contribution in [1.82, 2.24) is 10.2 Å². The summed E-state index contributed by atoms with van der Waals surface area (Å²) in [6.07, 6.45) is -2.30. The van der Waals surface area contributed by atoms with Crippen molar-refractivity contribution in [2.45, 2.75) is 37.0 Å². The SMILES string of the molecule is COC(CNC(=O)OCC1c2ccccc2-c2ccccc21)CC(=O)N1CC(O)CC1C(=O)O. The van der Waals surface area contributed by atoms with E-state index in [9.17, 15) is 24.6 Å². The molecule has 1 fully saturated rings. The second-order valence-corrected chi connectivity index (χ2v) is 8.56. The third-order valence-corrected chi connectivity index (χ3v) is 6.44. The summed E-state index contributed by atoms with van der Waals surface area (Å²) < 4.78 is 10.8. The molecule has 2 aliphatic rings. The molecule has 4 rings (SSSR count). The van der Waals surface area contributed by atoms with Gasteiger partial charge < -0.3 is 29.9 Å². The molecule has 9 nitrogen and oxygen atoms in total. The Hall–Kier alpha value is -3.43. The van der Waals surface area contributed by atoms with Gasteiger partial charge in [-0.3, -0.25) is 4.79 Å². The number of carbonyl (C=O) groups excluding carboxylic acids is 2. The average Bonchev–Trinajstić information content (AvgIpc) is 3.38. The normalized spacial score (nSPS) is 19.9. The summed E-state index contributed by atoms with van der Waals surface area (Å²) >= 11 is 0. The van der Waals surface area contributed by atoms with Crippen LogP contribution in [0.2, 0.25) is 0 Å². The van der Waals surface area contributed by atoms with Crippen molar-refractivity contribution in [3.63, 3.8) is 0 Å². The standard InChI is InChI=1S/C25H28N2O7/c1-33-16(11-23(29)27-13-15(28)10-22(27)24(30)31)12-26-25(32)34-14-21-19-8-4-2-6-17(19)18-7-3-5-9-20(18)21/h2-9,15-16,21-22,28H,10-14H2,1H3,(H,26,32)(H,30,31). The highest BCUT2D eigenvalue weighted by atomic mass is 16.5. The number of aliphatic hydroxyl groups is 1. The van der Waals surface area contributed by atoms with Crippen LogP contribution in [-0.4, -0.2) is 78.1 Å². The van der Waals surface area contributed by atoms with Crippen molar-refractivity contribution in [3.05, 3.63) is 59.7 Å². The Morgan fingerprint density at radius 1 is 1.09 bits per heavy atom. The summed E-state index contributed by atoms with van der Waals surface area (Å²) in [5.74, 6) is -1.67. The lowest BCUT2D eigenvalue weighted by atomic mass is 9.98. The summed E-state index contributed by atoms with van der Waals surface area (Å²) in [6, 6.07) is 15.0.